The van der Waals surface area contributed by atoms with Gasteiger partial charge in [-0.1, -0.05) is 43.5 Å². The van der Waals surface area contributed by atoms with E-state index in [0.717, 1.165) is 80.5 Å². The van der Waals surface area contributed by atoms with Crippen LogP contribution in [0, 0.1) is 16.7 Å². The van der Waals surface area contributed by atoms with Gasteiger partial charge in [0.1, 0.15) is 11.5 Å². The highest BCUT2D eigenvalue weighted by atomic mass is 32.2. The average Bonchev–Trinajstić information content (AvgIpc) is 3.65. The Kier molecular flexibility index (Phi) is 13.8. The third-order valence-corrected chi connectivity index (χ3v) is 18.1. The normalized spacial score (nSPS) is 28.5. The Labute approximate surface area is 401 Å². The van der Waals surface area contributed by atoms with E-state index in [0.29, 0.717) is 31.7 Å². The maximum atomic E-state index is 14.1. The third kappa shape index (κ3) is 9.67. The van der Waals surface area contributed by atoms with E-state index in [4.69, 9.17) is 0 Å². The number of carbonyl (C=O) groups is 7. The monoisotopic (exact) mass is 973 g/mol. The van der Waals surface area contributed by atoms with Crippen molar-refractivity contribution in [3.8, 4) is 0 Å². The number of rotatable bonds is 15. The standard InChI is InChI=1S/C48H63N9O9S2/c1-55(22-20-49-33-11-12-34-35(25-33)43(62)57(42(34)61)37-13-14-39(58)53-41(37)60)45(64)47(16-17-47)38-24-30(15-19-50-38)29-7-6-8-31(23-29)36-27-67-46(52-36)54-40(59)26-51-44(63)48(32-9-4-3-5-10-32)18-21-56(28-48)68(2,65)66/h6-8,11-12,23,25,30,32,36-38,46,49-50,52H,3-5,9-10,13-22,24,26-28H2,1-2H3,(H,51,63)(H,54,59)(H,53,58,60). The Hall–Kier alpha value is -4.89. The molecule has 4 saturated heterocycles. The number of anilines is 1. The molecule has 6 atom stereocenters. The van der Waals surface area contributed by atoms with Gasteiger partial charge in [-0.15, -0.1) is 11.8 Å². The molecular formula is C48H63N9O9S2. The first kappa shape index (κ1) is 48.1. The van der Waals surface area contributed by atoms with E-state index in [1.807, 2.05) is 7.05 Å². The number of piperidine rings is 2. The van der Waals surface area contributed by atoms with Gasteiger partial charge in [-0.25, -0.2) is 12.7 Å². The molecule has 366 valence electrons. The Morgan fingerprint density at radius 1 is 0.912 bits per heavy atom. The quantitative estimate of drug-likeness (QED) is 0.141. The van der Waals surface area contributed by atoms with Crippen LogP contribution in [0.4, 0.5) is 5.69 Å². The highest BCUT2D eigenvalue weighted by Crippen LogP contribution is 2.53. The summed E-state index contributed by atoms with van der Waals surface area (Å²) in [6.07, 6.45) is 10.1. The van der Waals surface area contributed by atoms with Crippen molar-refractivity contribution >= 4 is 68.8 Å². The topological polar surface area (TPSA) is 236 Å². The van der Waals surface area contributed by atoms with Gasteiger partial charge < -0.3 is 26.2 Å². The fourth-order valence-corrected chi connectivity index (χ4v) is 13.7. The summed E-state index contributed by atoms with van der Waals surface area (Å²) < 4.78 is 26.2. The Morgan fingerprint density at radius 2 is 1.68 bits per heavy atom. The molecule has 68 heavy (non-hydrogen) atoms. The van der Waals surface area contributed by atoms with E-state index in [9.17, 15) is 42.0 Å². The van der Waals surface area contributed by atoms with E-state index in [1.165, 1.54) is 16.1 Å². The van der Waals surface area contributed by atoms with Gasteiger partial charge in [0.15, 0.2) is 0 Å². The summed E-state index contributed by atoms with van der Waals surface area (Å²) in [6.45, 7) is 1.91. The molecule has 0 radical (unpaired) electrons. The number of nitrogens with zero attached hydrogens (tertiary/aromatic N) is 3. The molecule has 6 fully saturated rings. The number of imide groups is 2. The zero-order chi connectivity index (χ0) is 48.0. The zero-order valence-corrected chi connectivity index (χ0v) is 40.4. The van der Waals surface area contributed by atoms with E-state index >= 15 is 0 Å². The molecule has 5 heterocycles. The lowest BCUT2D eigenvalue weighted by atomic mass is 9.67. The van der Waals surface area contributed by atoms with Crippen LogP contribution in [0.5, 0.6) is 0 Å². The molecule has 0 spiro atoms. The Morgan fingerprint density at radius 3 is 2.41 bits per heavy atom. The van der Waals surface area contributed by atoms with Crippen LogP contribution in [-0.4, -0.2) is 140 Å². The Balaban J connectivity index is 0.745. The molecule has 2 aromatic carbocycles. The molecule has 5 aliphatic heterocycles. The Bertz CT molecular complexity index is 2480. The molecule has 20 heteroatoms. The van der Waals surface area contributed by atoms with Gasteiger partial charge in [-0.05, 0) is 99.1 Å². The molecule has 0 aromatic heterocycles. The average molecular weight is 974 g/mol. The summed E-state index contributed by atoms with van der Waals surface area (Å²) in [5.41, 5.74) is 1.70. The number of sulfonamides is 1. The first-order valence-corrected chi connectivity index (χ1v) is 27.0. The smallest absolute Gasteiger partial charge is 0.262 e. The number of amides is 7. The van der Waals surface area contributed by atoms with Gasteiger partial charge >= 0.3 is 0 Å². The van der Waals surface area contributed by atoms with Crippen LogP contribution in [0.25, 0.3) is 0 Å². The zero-order valence-electron chi connectivity index (χ0n) is 38.8. The first-order chi connectivity index (χ1) is 32.6. The van der Waals surface area contributed by atoms with Crippen molar-refractivity contribution in [3.63, 3.8) is 0 Å². The number of hydrogen-bond acceptors (Lipinski definition) is 13. The van der Waals surface area contributed by atoms with Gasteiger partial charge in [0.05, 0.1) is 34.8 Å². The van der Waals surface area contributed by atoms with Gasteiger partial charge in [0, 0.05) is 63.2 Å². The maximum absolute atomic E-state index is 14.1. The molecule has 9 rings (SSSR count). The van der Waals surface area contributed by atoms with Crippen LogP contribution in [0.3, 0.4) is 0 Å². The number of nitrogens with one attached hydrogen (secondary N) is 6. The van der Waals surface area contributed by atoms with Crippen molar-refractivity contribution in [1.82, 2.24) is 40.7 Å². The summed E-state index contributed by atoms with van der Waals surface area (Å²) in [7, 11) is -1.63. The van der Waals surface area contributed by atoms with E-state index in [1.54, 1.807) is 34.9 Å². The summed E-state index contributed by atoms with van der Waals surface area (Å²) in [4.78, 5) is 94.4. The van der Waals surface area contributed by atoms with Gasteiger partial charge in [0.2, 0.25) is 39.6 Å². The lowest BCUT2D eigenvalue weighted by Gasteiger charge is -2.38. The van der Waals surface area contributed by atoms with E-state index in [2.05, 4.69) is 56.2 Å². The largest absolute Gasteiger partial charge is 0.383 e. The van der Waals surface area contributed by atoms with Crippen LogP contribution >= 0.6 is 11.8 Å². The predicted octanol–water partition coefficient (Wildman–Crippen LogP) is 2.40. The molecule has 2 aliphatic carbocycles. The third-order valence-electron chi connectivity index (χ3n) is 15.7. The second kappa shape index (κ2) is 19.5. The van der Waals surface area contributed by atoms with Crippen molar-refractivity contribution in [2.45, 2.75) is 107 Å². The van der Waals surface area contributed by atoms with Crippen LogP contribution in [0.1, 0.15) is 121 Å². The van der Waals surface area contributed by atoms with Crippen LogP contribution < -0.4 is 31.9 Å². The number of fused-ring (bicyclic) bond motifs is 1. The van der Waals surface area contributed by atoms with Gasteiger partial charge in [-0.2, -0.15) is 0 Å². The van der Waals surface area contributed by atoms with Crippen molar-refractivity contribution in [2.24, 2.45) is 16.7 Å². The van der Waals surface area contributed by atoms with Crippen LogP contribution in [-0.2, 0) is 34.0 Å². The number of thioether (sulfide) groups is 1. The molecular weight excluding hydrogens is 911 g/mol. The molecule has 7 aliphatic rings. The molecule has 7 amide bonds. The van der Waals surface area contributed by atoms with E-state index < -0.39 is 50.5 Å². The summed E-state index contributed by atoms with van der Waals surface area (Å²) >= 11 is 1.60. The van der Waals surface area contributed by atoms with Crippen LogP contribution in [0.2, 0.25) is 0 Å². The molecule has 6 N–H and O–H groups in total. The van der Waals surface area contributed by atoms with Crippen molar-refractivity contribution in [3.05, 3.63) is 64.7 Å². The highest BCUT2D eigenvalue weighted by Gasteiger charge is 2.57. The predicted molar refractivity (Wildman–Crippen MR) is 254 cm³/mol. The minimum atomic E-state index is -3.44. The first-order valence-electron chi connectivity index (χ1n) is 24.1. The van der Waals surface area contributed by atoms with Gasteiger partial charge in [-0.3, -0.25) is 49.1 Å². The molecule has 6 unspecified atom stereocenters. The lowest BCUT2D eigenvalue weighted by Crippen LogP contribution is -2.54. The molecule has 2 aromatic rings. The van der Waals surface area contributed by atoms with Crippen LogP contribution in [0.15, 0.2) is 42.5 Å². The van der Waals surface area contributed by atoms with Crippen molar-refractivity contribution < 1.29 is 42.0 Å². The number of hydrogen-bond donors (Lipinski definition) is 6. The van der Waals surface area contributed by atoms with Gasteiger partial charge in [0.25, 0.3) is 11.8 Å². The summed E-state index contributed by atoms with van der Waals surface area (Å²) in [6, 6.07) is 12.4. The lowest BCUT2D eigenvalue weighted by molar-refractivity contribution is -0.137. The number of likely N-dealkylation sites (N-methyl/N-ethyl adjacent to an activating group) is 1. The second-order valence-corrected chi connectivity index (χ2v) is 23.1. The molecule has 18 nitrogen and oxygen atoms in total. The van der Waals surface area contributed by atoms with E-state index in [-0.39, 0.29) is 84.2 Å². The minimum Gasteiger partial charge on any atom is -0.383 e. The fraction of sp³-hybridized carbons (Fsp3) is 0.604. The SMILES string of the molecule is CN(CCNc1ccc2c(c1)C(=O)N(C1CCC(=O)NC1=O)C2=O)C(=O)C1(C2CC(c3cccc(C4CSC(NC(=O)CNC(=O)C5(C6CCCCC6)CCN(S(C)(=O)=O)C5)N4)c3)CCN2)CC1. The van der Waals surface area contributed by atoms with Crippen molar-refractivity contribution in [2.75, 3.05) is 63.6 Å². The fourth-order valence-electron chi connectivity index (χ4n) is 11.7. The molecule has 2 saturated carbocycles. The number of carbonyl (C=O) groups excluding carboxylic acids is 7. The molecule has 0 bridgehead atoms. The second-order valence-electron chi connectivity index (χ2n) is 19.9. The summed E-state index contributed by atoms with van der Waals surface area (Å²) in [5.74, 6) is -1.57. The highest BCUT2D eigenvalue weighted by molar-refractivity contribution is 8.00. The minimum absolute atomic E-state index is 0.00156. The number of benzene rings is 2. The summed E-state index contributed by atoms with van der Waals surface area (Å²) in [5, 5.41) is 18.6. The maximum Gasteiger partial charge on any atom is 0.262 e. The van der Waals surface area contributed by atoms with Crippen molar-refractivity contribution in [1.29, 1.82) is 0 Å².